The van der Waals surface area contributed by atoms with Crippen LogP contribution in [0.4, 0.5) is 4.39 Å². The molecule has 2 fully saturated rings. The van der Waals surface area contributed by atoms with Crippen molar-refractivity contribution < 1.29 is 14.0 Å². The molecule has 28 heavy (non-hydrogen) atoms. The van der Waals surface area contributed by atoms with Gasteiger partial charge in [-0.1, -0.05) is 6.07 Å². The third-order valence-corrected chi connectivity index (χ3v) is 5.91. The van der Waals surface area contributed by atoms with Crippen molar-refractivity contribution in [2.24, 2.45) is 0 Å². The van der Waals surface area contributed by atoms with Crippen molar-refractivity contribution in [3.05, 3.63) is 59.4 Å². The summed E-state index contributed by atoms with van der Waals surface area (Å²) in [4.78, 5) is 33.6. The van der Waals surface area contributed by atoms with Gasteiger partial charge in [0.15, 0.2) is 0 Å². The number of halogens is 1. The Labute approximate surface area is 163 Å². The van der Waals surface area contributed by atoms with Crippen molar-refractivity contribution in [1.29, 1.82) is 0 Å². The monoisotopic (exact) mass is 382 g/mol. The van der Waals surface area contributed by atoms with E-state index in [2.05, 4.69) is 20.6 Å². The molecule has 2 unspecified atom stereocenters. The van der Waals surface area contributed by atoms with Crippen LogP contribution in [-0.4, -0.2) is 32.9 Å². The van der Waals surface area contributed by atoms with Gasteiger partial charge in [0.2, 0.25) is 5.82 Å². The fourth-order valence-corrected chi connectivity index (χ4v) is 4.63. The Kier molecular flexibility index (Phi) is 4.61. The maximum Gasteiger partial charge on any atom is 0.289 e. The molecule has 2 atom stereocenters. The molecule has 2 N–H and O–H groups in total. The summed E-state index contributed by atoms with van der Waals surface area (Å²) in [7, 11) is 0. The number of benzene rings is 1. The summed E-state index contributed by atoms with van der Waals surface area (Å²) in [5.74, 6) is -0.815. The second-order valence-corrected chi connectivity index (χ2v) is 8.03. The standard InChI is InChI=1S/C21H23FN4O2/c1-14-6-11-23-17(24-14)19(28)26-21-8-3-7-20(13-21,9-10-21)25-18(27)15-4-2-5-16(22)12-15/h2,4-6,11-12H,3,7-10,13H2,1H3,(H,25,27)(H,26,28). The third kappa shape index (κ3) is 3.61. The Morgan fingerprint density at radius 1 is 1.04 bits per heavy atom. The number of hydrogen-bond acceptors (Lipinski definition) is 4. The minimum absolute atomic E-state index is 0.168. The zero-order valence-electron chi connectivity index (χ0n) is 15.8. The summed E-state index contributed by atoms with van der Waals surface area (Å²) < 4.78 is 13.4. The van der Waals surface area contributed by atoms with Gasteiger partial charge in [0.25, 0.3) is 11.8 Å². The van der Waals surface area contributed by atoms with Gasteiger partial charge < -0.3 is 10.6 Å². The molecule has 2 aliphatic rings. The lowest BCUT2D eigenvalue weighted by molar-refractivity contribution is 0.0826. The van der Waals surface area contributed by atoms with E-state index >= 15 is 0 Å². The van der Waals surface area contributed by atoms with E-state index in [0.717, 1.165) is 37.8 Å². The van der Waals surface area contributed by atoms with Crippen LogP contribution >= 0.6 is 0 Å². The Hall–Kier alpha value is -2.83. The first-order chi connectivity index (χ1) is 13.4. The molecule has 146 valence electrons. The van der Waals surface area contributed by atoms with Crippen molar-refractivity contribution in [1.82, 2.24) is 20.6 Å². The first-order valence-electron chi connectivity index (χ1n) is 9.59. The quantitative estimate of drug-likeness (QED) is 0.852. The van der Waals surface area contributed by atoms with E-state index < -0.39 is 5.82 Å². The normalized spacial score (nSPS) is 25.9. The van der Waals surface area contributed by atoms with Crippen LogP contribution in [0, 0.1) is 12.7 Å². The molecule has 2 bridgehead atoms. The highest BCUT2D eigenvalue weighted by Gasteiger charge is 2.52. The predicted octanol–water partition coefficient (Wildman–Crippen LogP) is 2.93. The van der Waals surface area contributed by atoms with Crippen LogP contribution in [0.2, 0.25) is 0 Å². The molecule has 4 rings (SSSR count). The Morgan fingerprint density at radius 3 is 2.43 bits per heavy atom. The number of fused-ring (bicyclic) bond motifs is 2. The van der Waals surface area contributed by atoms with Crippen LogP contribution in [0.1, 0.15) is 65.2 Å². The third-order valence-electron chi connectivity index (χ3n) is 5.91. The molecule has 1 heterocycles. The molecule has 0 aliphatic heterocycles. The van der Waals surface area contributed by atoms with E-state index in [1.165, 1.54) is 18.2 Å². The molecule has 7 heteroatoms. The van der Waals surface area contributed by atoms with Crippen LogP contribution in [0.3, 0.4) is 0 Å². The van der Waals surface area contributed by atoms with Crippen molar-refractivity contribution in [2.45, 2.75) is 56.5 Å². The van der Waals surface area contributed by atoms with Gasteiger partial charge in [0.05, 0.1) is 0 Å². The molecule has 0 saturated heterocycles. The summed E-state index contributed by atoms with van der Waals surface area (Å²) in [6, 6.07) is 7.45. The second kappa shape index (κ2) is 6.96. The second-order valence-electron chi connectivity index (χ2n) is 8.03. The molecule has 2 saturated carbocycles. The number of nitrogens with one attached hydrogen (secondary N) is 2. The number of rotatable bonds is 4. The van der Waals surface area contributed by atoms with Crippen LogP contribution in [0.5, 0.6) is 0 Å². The van der Waals surface area contributed by atoms with Crippen molar-refractivity contribution >= 4 is 11.8 Å². The fraction of sp³-hybridized carbons (Fsp3) is 0.429. The van der Waals surface area contributed by atoms with Crippen LogP contribution in [0.25, 0.3) is 0 Å². The predicted molar refractivity (Wildman–Crippen MR) is 101 cm³/mol. The SMILES string of the molecule is Cc1ccnc(C(=O)NC23CCCC(NC(=O)c4cccc(F)c4)(CC2)C3)n1. The molecule has 0 spiro atoms. The average molecular weight is 382 g/mol. The van der Waals surface area contributed by atoms with Gasteiger partial charge in [-0.15, -0.1) is 0 Å². The Morgan fingerprint density at radius 2 is 1.75 bits per heavy atom. The molecule has 2 aromatic rings. The van der Waals surface area contributed by atoms with E-state index in [1.54, 1.807) is 18.3 Å². The van der Waals surface area contributed by atoms with Gasteiger partial charge in [-0.05, 0) is 69.7 Å². The molecular formula is C21H23FN4O2. The highest BCUT2D eigenvalue weighted by molar-refractivity contribution is 5.95. The molecule has 2 aliphatic carbocycles. The van der Waals surface area contributed by atoms with Gasteiger partial charge in [-0.3, -0.25) is 9.59 Å². The maximum absolute atomic E-state index is 13.4. The smallest absolute Gasteiger partial charge is 0.289 e. The number of nitrogens with zero attached hydrogens (tertiary/aromatic N) is 2. The topological polar surface area (TPSA) is 84.0 Å². The first kappa shape index (κ1) is 18.5. The van der Waals surface area contributed by atoms with E-state index in [-0.39, 0.29) is 28.7 Å². The van der Waals surface area contributed by atoms with Gasteiger partial charge in [0.1, 0.15) is 5.82 Å². The number of carbonyl (C=O) groups excluding carboxylic acids is 2. The highest BCUT2D eigenvalue weighted by atomic mass is 19.1. The van der Waals surface area contributed by atoms with E-state index in [1.807, 2.05) is 6.92 Å². The summed E-state index contributed by atoms with van der Waals surface area (Å²) in [5, 5.41) is 6.26. The van der Waals surface area contributed by atoms with E-state index in [0.29, 0.717) is 12.0 Å². The van der Waals surface area contributed by atoms with Gasteiger partial charge in [-0.2, -0.15) is 0 Å². The summed E-state index contributed by atoms with van der Waals surface area (Å²) in [5.41, 5.74) is 0.319. The number of aromatic nitrogens is 2. The molecule has 0 radical (unpaired) electrons. The first-order valence-corrected chi connectivity index (χ1v) is 9.59. The summed E-state index contributed by atoms with van der Waals surface area (Å²) >= 11 is 0. The summed E-state index contributed by atoms with van der Waals surface area (Å²) in [6.45, 7) is 1.82. The van der Waals surface area contributed by atoms with Crippen LogP contribution < -0.4 is 10.6 Å². The van der Waals surface area contributed by atoms with Crippen LogP contribution in [-0.2, 0) is 0 Å². The summed E-state index contributed by atoms with van der Waals surface area (Å²) in [6.07, 6.45) is 6.43. The number of aryl methyl sites for hydroxylation is 1. The number of carbonyl (C=O) groups is 2. The zero-order chi connectivity index (χ0) is 19.8. The Balaban J connectivity index is 1.48. The largest absolute Gasteiger partial charge is 0.347 e. The Bertz CT molecular complexity index is 861. The molecule has 2 amide bonds. The highest BCUT2D eigenvalue weighted by Crippen LogP contribution is 2.48. The van der Waals surface area contributed by atoms with Crippen LogP contribution in [0.15, 0.2) is 36.5 Å². The molecule has 1 aromatic heterocycles. The molecular weight excluding hydrogens is 359 g/mol. The van der Waals surface area contributed by atoms with Gasteiger partial charge in [-0.25, -0.2) is 14.4 Å². The minimum Gasteiger partial charge on any atom is -0.347 e. The van der Waals surface area contributed by atoms with E-state index in [9.17, 15) is 14.0 Å². The molecule has 1 aromatic carbocycles. The lowest BCUT2D eigenvalue weighted by Crippen LogP contribution is -2.55. The maximum atomic E-state index is 13.4. The minimum atomic E-state index is -0.431. The van der Waals surface area contributed by atoms with Crippen molar-refractivity contribution in [2.75, 3.05) is 0 Å². The fourth-order valence-electron chi connectivity index (χ4n) is 4.63. The van der Waals surface area contributed by atoms with Gasteiger partial charge >= 0.3 is 0 Å². The lowest BCUT2D eigenvalue weighted by atomic mass is 9.78. The van der Waals surface area contributed by atoms with Crippen molar-refractivity contribution in [3.63, 3.8) is 0 Å². The zero-order valence-corrected chi connectivity index (χ0v) is 15.8. The molecule has 6 nitrogen and oxygen atoms in total. The van der Waals surface area contributed by atoms with E-state index in [4.69, 9.17) is 0 Å². The average Bonchev–Trinajstić information content (AvgIpc) is 2.91. The lowest BCUT2D eigenvalue weighted by Gasteiger charge is -2.40. The van der Waals surface area contributed by atoms with Gasteiger partial charge in [0, 0.05) is 28.5 Å². The van der Waals surface area contributed by atoms with Crippen molar-refractivity contribution in [3.8, 4) is 0 Å². The number of hydrogen-bond donors (Lipinski definition) is 2. The number of amides is 2.